The first-order valence-corrected chi connectivity index (χ1v) is 11.1. The smallest absolute Gasteiger partial charge is 0.252 e. The molecular formula is C17H20ClF2N4O4S+. The van der Waals surface area contributed by atoms with E-state index in [4.69, 9.17) is 11.6 Å². The summed E-state index contributed by atoms with van der Waals surface area (Å²) in [6.07, 6.45) is 3.50. The van der Waals surface area contributed by atoms with Crippen molar-refractivity contribution in [2.24, 2.45) is 5.92 Å². The van der Waals surface area contributed by atoms with Crippen molar-refractivity contribution in [2.75, 3.05) is 23.0 Å². The minimum atomic E-state index is -3.77. The third-order valence-corrected chi connectivity index (χ3v) is 6.64. The lowest BCUT2D eigenvalue weighted by atomic mass is 10.3. The molecule has 1 unspecified atom stereocenters. The van der Waals surface area contributed by atoms with Gasteiger partial charge in [0.1, 0.15) is 11.4 Å². The first kappa shape index (κ1) is 21.4. The van der Waals surface area contributed by atoms with Crippen molar-refractivity contribution in [2.45, 2.75) is 25.7 Å². The molecule has 0 saturated heterocycles. The molecule has 0 aliphatic heterocycles. The second kappa shape index (κ2) is 7.86. The molecule has 0 bridgehead atoms. The van der Waals surface area contributed by atoms with E-state index < -0.39 is 45.5 Å². The van der Waals surface area contributed by atoms with Crippen LogP contribution in [0.25, 0.3) is 5.69 Å². The lowest BCUT2D eigenvalue weighted by Gasteiger charge is -2.19. The molecule has 2 aromatic heterocycles. The molecule has 29 heavy (non-hydrogen) atoms. The van der Waals surface area contributed by atoms with Crippen molar-refractivity contribution in [1.82, 2.24) is 9.78 Å². The monoisotopic (exact) mass is 449 g/mol. The molecule has 0 spiro atoms. The number of carbonyl (C=O) groups is 1. The quantitative estimate of drug-likeness (QED) is 0.490. The standard InChI is InChI=1S/C17H20ClF2N4O4S/c1-2-23(15(25)5-7-29(27,28)11-12-8-17(12,19)20)14-10-24(21-16(14)18)13-4-3-6-22(26)9-13/h3-4,6,9-10,12,26H,2,5,7-8,11H2,1H3/q+1. The van der Waals surface area contributed by atoms with Gasteiger partial charge in [-0.15, -0.1) is 0 Å². The Morgan fingerprint density at radius 1 is 1.52 bits per heavy atom. The number of hydrogen-bond donors (Lipinski definition) is 1. The van der Waals surface area contributed by atoms with Crippen molar-refractivity contribution in [3.63, 3.8) is 0 Å². The minimum Gasteiger partial charge on any atom is -0.308 e. The van der Waals surface area contributed by atoms with Crippen molar-refractivity contribution in [3.05, 3.63) is 35.9 Å². The Morgan fingerprint density at radius 2 is 2.21 bits per heavy atom. The van der Waals surface area contributed by atoms with Gasteiger partial charge >= 0.3 is 0 Å². The largest absolute Gasteiger partial charge is 0.308 e. The maximum Gasteiger partial charge on any atom is 0.252 e. The van der Waals surface area contributed by atoms with E-state index >= 15 is 0 Å². The first-order valence-electron chi connectivity index (χ1n) is 8.87. The van der Waals surface area contributed by atoms with Gasteiger partial charge in [-0.05, 0) is 13.0 Å². The highest BCUT2D eigenvalue weighted by atomic mass is 35.5. The van der Waals surface area contributed by atoms with E-state index in [-0.39, 0.29) is 23.8 Å². The second-order valence-corrected chi connectivity index (χ2v) is 9.44. The van der Waals surface area contributed by atoms with Gasteiger partial charge in [-0.2, -0.15) is 5.10 Å². The number of hydrogen-bond acceptors (Lipinski definition) is 5. The highest BCUT2D eigenvalue weighted by Crippen LogP contribution is 2.49. The van der Waals surface area contributed by atoms with E-state index in [9.17, 15) is 27.2 Å². The lowest BCUT2D eigenvalue weighted by molar-refractivity contribution is -0.904. The van der Waals surface area contributed by atoms with Crippen LogP contribution in [0.4, 0.5) is 14.5 Å². The molecule has 1 aliphatic carbocycles. The molecule has 8 nitrogen and oxygen atoms in total. The summed E-state index contributed by atoms with van der Waals surface area (Å²) < 4.78 is 52.2. The number of aromatic nitrogens is 3. The second-order valence-electron chi connectivity index (χ2n) is 6.86. The van der Waals surface area contributed by atoms with Crippen LogP contribution in [0.2, 0.25) is 5.15 Å². The van der Waals surface area contributed by atoms with Crippen LogP contribution in [0.15, 0.2) is 30.7 Å². The van der Waals surface area contributed by atoms with E-state index in [0.717, 1.165) is 4.73 Å². The number of carbonyl (C=O) groups excluding carboxylic acids is 1. The van der Waals surface area contributed by atoms with Gasteiger partial charge in [0.2, 0.25) is 18.3 Å². The normalized spacial score (nSPS) is 17.9. The van der Waals surface area contributed by atoms with Gasteiger partial charge in [-0.25, -0.2) is 21.9 Å². The van der Waals surface area contributed by atoms with Crippen molar-refractivity contribution in [3.8, 4) is 5.69 Å². The molecule has 2 heterocycles. The molecule has 0 aromatic carbocycles. The van der Waals surface area contributed by atoms with Crippen LogP contribution in [0, 0.1) is 5.92 Å². The summed E-state index contributed by atoms with van der Waals surface area (Å²) in [4.78, 5) is 13.9. The molecule has 1 amide bonds. The highest BCUT2D eigenvalue weighted by molar-refractivity contribution is 7.91. The Kier molecular flexibility index (Phi) is 5.81. The molecule has 0 radical (unpaired) electrons. The maximum atomic E-state index is 13.0. The van der Waals surface area contributed by atoms with Gasteiger partial charge in [0.25, 0.3) is 5.92 Å². The first-order chi connectivity index (χ1) is 13.5. The number of amides is 1. The highest BCUT2D eigenvalue weighted by Gasteiger charge is 2.58. The van der Waals surface area contributed by atoms with E-state index in [0.29, 0.717) is 5.69 Å². The molecule has 1 fully saturated rings. The van der Waals surface area contributed by atoms with E-state index in [2.05, 4.69) is 5.10 Å². The summed E-state index contributed by atoms with van der Waals surface area (Å²) in [6, 6.07) is 3.25. The maximum absolute atomic E-state index is 13.0. The number of alkyl halides is 2. The average Bonchev–Trinajstić information content (AvgIpc) is 3.04. The van der Waals surface area contributed by atoms with Crippen LogP contribution in [0.3, 0.4) is 0 Å². The van der Waals surface area contributed by atoms with E-state index in [1.165, 1.54) is 28.2 Å². The third-order valence-electron chi connectivity index (χ3n) is 4.63. The fourth-order valence-corrected chi connectivity index (χ4v) is 4.80. The topological polar surface area (TPSA) is 96.4 Å². The molecule has 1 atom stereocenters. The van der Waals surface area contributed by atoms with Gasteiger partial charge < -0.3 is 4.90 Å². The molecule has 1 aliphatic rings. The molecule has 1 saturated carbocycles. The zero-order chi connectivity index (χ0) is 21.4. The molecule has 2 aromatic rings. The molecule has 1 N–H and O–H groups in total. The fraction of sp³-hybridized carbons (Fsp3) is 0.471. The van der Waals surface area contributed by atoms with Gasteiger partial charge in [-0.1, -0.05) is 11.6 Å². The molecular weight excluding hydrogens is 430 g/mol. The molecule has 158 valence electrons. The van der Waals surface area contributed by atoms with Crippen LogP contribution in [0.5, 0.6) is 0 Å². The van der Waals surface area contributed by atoms with Gasteiger partial charge in [0.15, 0.2) is 15.0 Å². The number of pyridine rings is 1. The van der Waals surface area contributed by atoms with Crippen molar-refractivity contribution < 1.29 is 31.9 Å². The summed E-state index contributed by atoms with van der Waals surface area (Å²) >= 11 is 6.15. The zero-order valence-corrected chi connectivity index (χ0v) is 17.1. The number of nitrogens with zero attached hydrogens (tertiary/aromatic N) is 4. The summed E-state index contributed by atoms with van der Waals surface area (Å²) in [7, 11) is -3.77. The van der Waals surface area contributed by atoms with Gasteiger partial charge in [-0.3, -0.25) is 10.0 Å². The Morgan fingerprint density at radius 3 is 2.79 bits per heavy atom. The number of anilines is 1. The van der Waals surface area contributed by atoms with Crippen LogP contribution >= 0.6 is 11.6 Å². The predicted octanol–water partition coefficient (Wildman–Crippen LogP) is 1.86. The van der Waals surface area contributed by atoms with Gasteiger partial charge in [0, 0.05) is 36.1 Å². The Bertz CT molecular complexity index is 1030. The summed E-state index contributed by atoms with van der Waals surface area (Å²) in [5, 5.41) is 13.6. The minimum absolute atomic E-state index is 0.0222. The summed E-state index contributed by atoms with van der Waals surface area (Å²) in [5.41, 5.74) is 0.762. The van der Waals surface area contributed by atoms with Gasteiger partial charge in [0.05, 0.1) is 17.7 Å². The van der Waals surface area contributed by atoms with Crippen LogP contribution in [-0.2, 0) is 14.6 Å². The number of sulfone groups is 1. The fourth-order valence-electron chi connectivity index (χ4n) is 2.94. The Hall–Kier alpha value is -2.27. The SMILES string of the molecule is CCN(C(=O)CCS(=O)(=O)CC1CC1(F)F)c1cn(-c2ccc[n+](O)c2)nc1Cl. The third kappa shape index (κ3) is 5.02. The van der Waals surface area contributed by atoms with Crippen LogP contribution in [0.1, 0.15) is 19.8 Å². The number of halogens is 3. The van der Waals surface area contributed by atoms with Crippen molar-refractivity contribution >= 4 is 33.0 Å². The van der Waals surface area contributed by atoms with E-state index in [1.54, 1.807) is 19.1 Å². The Balaban J connectivity index is 1.70. The summed E-state index contributed by atoms with van der Waals surface area (Å²) in [5.74, 6) is -5.71. The van der Waals surface area contributed by atoms with Crippen molar-refractivity contribution in [1.29, 1.82) is 0 Å². The van der Waals surface area contributed by atoms with E-state index in [1.807, 2.05) is 0 Å². The van der Waals surface area contributed by atoms with Crippen LogP contribution < -0.4 is 9.63 Å². The average molecular weight is 450 g/mol. The molecule has 12 heteroatoms. The number of rotatable bonds is 8. The van der Waals surface area contributed by atoms with Crippen LogP contribution in [-0.4, -0.2) is 53.3 Å². The molecule has 3 rings (SSSR count). The predicted molar refractivity (Wildman–Crippen MR) is 100 cm³/mol. The lowest BCUT2D eigenvalue weighted by Crippen LogP contribution is -2.32. The zero-order valence-electron chi connectivity index (χ0n) is 15.5. The summed E-state index contributed by atoms with van der Waals surface area (Å²) in [6.45, 7) is 1.90. The Labute approximate surface area is 171 Å².